The van der Waals surface area contributed by atoms with Gasteiger partial charge in [0.1, 0.15) is 0 Å². The molecule has 0 aliphatic carbocycles. The molecule has 14 heavy (non-hydrogen) atoms. The fourth-order valence-corrected chi connectivity index (χ4v) is 1.10. The maximum Gasteiger partial charge on any atom is 0.409 e. The zero-order chi connectivity index (χ0) is 10.7. The van der Waals surface area contributed by atoms with Gasteiger partial charge >= 0.3 is 12.1 Å². The summed E-state index contributed by atoms with van der Waals surface area (Å²) in [6.45, 7) is 1.61. The Hall–Kier alpha value is -2.04. The Morgan fingerprint density at radius 1 is 1.29 bits per heavy atom. The predicted octanol–water partition coefficient (Wildman–Crippen LogP) is 1.78. The Morgan fingerprint density at radius 2 is 1.93 bits per heavy atom. The second-order valence-electron chi connectivity index (χ2n) is 2.77. The highest BCUT2D eigenvalue weighted by Gasteiger charge is 2.07. The van der Waals surface area contributed by atoms with Gasteiger partial charge in [-0.05, 0) is 30.7 Å². The van der Waals surface area contributed by atoms with E-state index in [9.17, 15) is 9.59 Å². The molecule has 0 aliphatic rings. The van der Waals surface area contributed by atoms with E-state index in [0.717, 1.165) is 0 Å². The number of anilines is 1. The summed E-state index contributed by atoms with van der Waals surface area (Å²) in [5.41, 5.74) is 1.05. The first-order valence-corrected chi connectivity index (χ1v) is 3.84. The lowest BCUT2D eigenvalue weighted by molar-refractivity contribution is 0.0696. The molecule has 5 heteroatoms. The van der Waals surface area contributed by atoms with Crippen molar-refractivity contribution in [2.24, 2.45) is 0 Å². The summed E-state index contributed by atoms with van der Waals surface area (Å²) in [6.07, 6.45) is -1.17. The van der Waals surface area contributed by atoms with Crippen molar-refractivity contribution in [2.75, 3.05) is 5.32 Å². The van der Waals surface area contributed by atoms with E-state index in [2.05, 4.69) is 5.32 Å². The topological polar surface area (TPSA) is 86.6 Å². The average Bonchev–Trinajstić information content (AvgIpc) is 2.01. The van der Waals surface area contributed by atoms with E-state index >= 15 is 0 Å². The minimum absolute atomic E-state index is 0.168. The Labute approximate surface area is 80.0 Å². The molecular weight excluding hydrogens is 186 g/mol. The van der Waals surface area contributed by atoms with Crippen LogP contribution in [-0.2, 0) is 0 Å². The molecule has 0 heterocycles. The van der Waals surface area contributed by atoms with Gasteiger partial charge < -0.3 is 10.2 Å². The smallest absolute Gasteiger partial charge is 0.409 e. The molecule has 1 aromatic carbocycles. The summed E-state index contributed by atoms with van der Waals surface area (Å²) in [6, 6.07) is 4.24. The van der Waals surface area contributed by atoms with Gasteiger partial charge in [-0.15, -0.1) is 0 Å². The molecular formula is C9H9NO4. The quantitative estimate of drug-likeness (QED) is 0.671. The van der Waals surface area contributed by atoms with Gasteiger partial charge in [-0.3, -0.25) is 5.32 Å². The number of carboxylic acids is 1. The summed E-state index contributed by atoms with van der Waals surface area (Å²) < 4.78 is 0. The molecule has 1 aromatic rings. The summed E-state index contributed by atoms with van der Waals surface area (Å²) in [5.74, 6) is -1.02. The number of hydrogen-bond acceptors (Lipinski definition) is 2. The maximum atomic E-state index is 10.6. The molecule has 74 valence electrons. The van der Waals surface area contributed by atoms with Gasteiger partial charge in [0.15, 0.2) is 0 Å². The number of amides is 1. The van der Waals surface area contributed by atoms with Crippen molar-refractivity contribution in [3.8, 4) is 0 Å². The number of carbonyl (C=O) groups is 2. The number of aromatic carboxylic acids is 1. The highest BCUT2D eigenvalue weighted by molar-refractivity contribution is 5.91. The molecule has 0 aromatic heterocycles. The first-order chi connectivity index (χ1) is 6.50. The van der Waals surface area contributed by atoms with Crippen LogP contribution in [-0.4, -0.2) is 22.3 Å². The zero-order valence-corrected chi connectivity index (χ0v) is 7.44. The molecule has 0 atom stereocenters. The minimum atomic E-state index is -1.17. The number of carboxylic acid groups (broad SMARTS) is 2. The van der Waals surface area contributed by atoms with Crippen molar-refractivity contribution >= 4 is 17.7 Å². The lowest BCUT2D eigenvalue weighted by Crippen LogP contribution is -2.08. The third-order valence-corrected chi connectivity index (χ3v) is 1.71. The van der Waals surface area contributed by atoms with Crippen LogP contribution < -0.4 is 5.32 Å². The van der Waals surface area contributed by atoms with Crippen molar-refractivity contribution in [1.29, 1.82) is 0 Å². The van der Waals surface area contributed by atoms with Crippen LogP contribution in [0.25, 0.3) is 0 Å². The summed E-state index contributed by atoms with van der Waals surface area (Å²) >= 11 is 0. The van der Waals surface area contributed by atoms with Crippen molar-refractivity contribution < 1.29 is 19.8 Å². The molecule has 0 unspecified atom stereocenters. The molecule has 0 bridgehead atoms. The molecule has 0 aliphatic heterocycles. The fourth-order valence-electron chi connectivity index (χ4n) is 1.10. The number of nitrogens with one attached hydrogen (secondary N) is 1. The second-order valence-corrected chi connectivity index (χ2v) is 2.77. The number of rotatable bonds is 2. The number of hydrogen-bond donors (Lipinski definition) is 3. The molecule has 1 amide bonds. The van der Waals surface area contributed by atoms with Gasteiger partial charge in [0, 0.05) is 5.69 Å². The SMILES string of the molecule is Cc1cc(NC(=O)O)ccc1C(=O)O. The molecule has 0 saturated carbocycles. The van der Waals surface area contributed by atoms with E-state index < -0.39 is 12.1 Å². The lowest BCUT2D eigenvalue weighted by atomic mass is 10.1. The molecule has 0 spiro atoms. The largest absolute Gasteiger partial charge is 0.478 e. The van der Waals surface area contributed by atoms with E-state index in [1.807, 2.05) is 0 Å². The van der Waals surface area contributed by atoms with Gasteiger partial charge in [-0.2, -0.15) is 0 Å². The van der Waals surface area contributed by atoms with Gasteiger partial charge in [0.2, 0.25) is 0 Å². The second kappa shape index (κ2) is 3.78. The van der Waals surface area contributed by atoms with Gasteiger partial charge in [-0.1, -0.05) is 0 Å². The highest BCUT2D eigenvalue weighted by Crippen LogP contribution is 2.14. The van der Waals surface area contributed by atoms with Gasteiger partial charge in [-0.25, -0.2) is 9.59 Å². The van der Waals surface area contributed by atoms with Gasteiger partial charge in [0.25, 0.3) is 0 Å². The van der Waals surface area contributed by atoms with Crippen molar-refractivity contribution in [3.63, 3.8) is 0 Å². The Balaban J connectivity index is 3.00. The number of benzene rings is 1. The van der Waals surface area contributed by atoms with Gasteiger partial charge in [0.05, 0.1) is 5.56 Å². The molecule has 0 radical (unpaired) electrons. The van der Waals surface area contributed by atoms with E-state index in [-0.39, 0.29) is 5.56 Å². The van der Waals surface area contributed by atoms with Crippen molar-refractivity contribution in [1.82, 2.24) is 0 Å². The summed E-state index contributed by atoms with van der Waals surface area (Å²) in [7, 11) is 0. The van der Waals surface area contributed by atoms with E-state index in [1.165, 1.54) is 18.2 Å². The molecule has 0 fully saturated rings. The number of aryl methyl sites for hydroxylation is 1. The van der Waals surface area contributed by atoms with Crippen LogP contribution in [0.4, 0.5) is 10.5 Å². The summed E-state index contributed by atoms with van der Waals surface area (Å²) in [5, 5.41) is 19.2. The Kier molecular flexibility index (Phi) is 2.71. The maximum absolute atomic E-state index is 10.6. The standard InChI is InChI=1S/C9H9NO4/c1-5-4-6(10-9(13)14)2-3-7(5)8(11)12/h2-4,10H,1H3,(H,11,12)(H,13,14). The minimum Gasteiger partial charge on any atom is -0.478 e. The van der Waals surface area contributed by atoms with Crippen molar-refractivity contribution in [3.05, 3.63) is 29.3 Å². The molecule has 1 rings (SSSR count). The molecule has 5 nitrogen and oxygen atoms in total. The third kappa shape index (κ3) is 2.22. The molecule has 0 saturated heterocycles. The van der Waals surface area contributed by atoms with Crippen LogP contribution >= 0.6 is 0 Å². The van der Waals surface area contributed by atoms with Crippen LogP contribution in [0.1, 0.15) is 15.9 Å². The average molecular weight is 195 g/mol. The van der Waals surface area contributed by atoms with Crippen LogP contribution in [0.5, 0.6) is 0 Å². The first kappa shape index (κ1) is 10.0. The summed E-state index contributed by atoms with van der Waals surface area (Å²) in [4.78, 5) is 20.9. The third-order valence-electron chi connectivity index (χ3n) is 1.71. The fraction of sp³-hybridized carbons (Fsp3) is 0.111. The monoisotopic (exact) mass is 195 g/mol. The van der Waals surface area contributed by atoms with Crippen LogP contribution in [0, 0.1) is 6.92 Å². The zero-order valence-electron chi connectivity index (χ0n) is 7.44. The predicted molar refractivity (Wildman–Crippen MR) is 49.8 cm³/mol. The molecule has 3 N–H and O–H groups in total. The van der Waals surface area contributed by atoms with E-state index in [0.29, 0.717) is 11.3 Å². The van der Waals surface area contributed by atoms with Crippen LogP contribution in [0.2, 0.25) is 0 Å². The highest BCUT2D eigenvalue weighted by atomic mass is 16.4. The van der Waals surface area contributed by atoms with E-state index in [1.54, 1.807) is 6.92 Å². The normalized spacial score (nSPS) is 9.50. The Morgan fingerprint density at radius 3 is 2.36 bits per heavy atom. The Bertz CT molecular complexity index is 386. The first-order valence-electron chi connectivity index (χ1n) is 3.84. The van der Waals surface area contributed by atoms with E-state index in [4.69, 9.17) is 10.2 Å². The van der Waals surface area contributed by atoms with Crippen LogP contribution in [0.3, 0.4) is 0 Å². The van der Waals surface area contributed by atoms with Crippen LogP contribution in [0.15, 0.2) is 18.2 Å². The lowest BCUT2D eigenvalue weighted by Gasteiger charge is -2.04. The van der Waals surface area contributed by atoms with Crippen molar-refractivity contribution in [2.45, 2.75) is 6.92 Å².